The Bertz CT molecular complexity index is 457. The molecule has 1 atom stereocenters. The second kappa shape index (κ2) is 6.31. The van der Waals surface area contributed by atoms with E-state index in [1.54, 1.807) is 11.3 Å². The summed E-state index contributed by atoms with van der Waals surface area (Å²) >= 11 is 5.14. The van der Waals surface area contributed by atoms with Crippen molar-refractivity contribution in [1.82, 2.24) is 5.32 Å². The Labute approximate surface area is 113 Å². The Morgan fingerprint density at radius 2 is 2.06 bits per heavy atom. The number of aliphatic hydroxyl groups is 1. The van der Waals surface area contributed by atoms with E-state index in [2.05, 4.69) is 32.7 Å². The fourth-order valence-electron chi connectivity index (χ4n) is 1.64. The highest BCUT2D eigenvalue weighted by Crippen LogP contribution is 2.20. The quantitative estimate of drug-likeness (QED) is 0.887. The van der Waals surface area contributed by atoms with Gasteiger partial charge in [-0.15, -0.1) is 11.3 Å². The van der Waals surface area contributed by atoms with Crippen LogP contribution in [0.4, 0.5) is 0 Å². The number of rotatable bonds is 5. The number of hydrogen-bond acceptors (Lipinski definition) is 3. The summed E-state index contributed by atoms with van der Waals surface area (Å²) in [5.74, 6) is 0. The van der Waals surface area contributed by atoms with Crippen LogP contribution in [0.3, 0.4) is 0 Å². The third-order valence-corrected chi connectivity index (χ3v) is 4.23. The summed E-state index contributed by atoms with van der Waals surface area (Å²) < 4.78 is 1.11. The van der Waals surface area contributed by atoms with Crippen molar-refractivity contribution in [2.75, 3.05) is 6.61 Å². The molecule has 0 saturated heterocycles. The van der Waals surface area contributed by atoms with Crippen LogP contribution in [0, 0.1) is 0 Å². The monoisotopic (exact) mass is 311 g/mol. The van der Waals surface area contributed by atoms with Gasteiger partial charge in [0, 0.05) is 21.3 Å². The molecular weight excluding hydrogens is 298 g/mol. The molecule has 2 nitrogen and oxygen atoms in total. The highest BCUT2D eigenvalue weighted by Gasteiger charge is 2.09. The maximum Gasteiger partial charge on any atom is 0.0626 e. The van der Waals surface area contributed by atoms with Gasteiger partial charge in [0.2, 0.25) is 0 Å². The first kappa shape index (κ1) is 12.8. The van der Waals surface area contributed by atoms with E-state index in [9.17, 15) is 5.11 Å². The molecule has 90 valence electrons. The van der Waals surface area contributed by atoms with Gasteiger partial charge in [-0.3, -0.25) is 0 Å². The topological polar surface area (TPSA) is 32.3 Å². The zero-order valence-corrected chi connectivity index (χ0v) is 11.7. The van der Waals surface area contributed by atoms with Gasteiger partial charge in [0.05, 0.1) is 12.6 Å². The molecule has 0 aliphatic carbocycles. The second-order valence-electron chi connectivity index (χ2n) is 3.76. The first-order valence-electron chi connectivity index (χ1n) is 5.41. The summed E-state index contributed by atoms with van der Waals surface area (Å²) in [7, 11) is 0. The zero-order valence-electron chi connectivity index (χ0n) is 9.27. The van der Waals surface area contributed by atoms with Gasteiger partial charge in [-0.05, 0) is 27.6 Å². The van der Waals surface area contributed by atoms with Gasteiger partial charge in [-0.1, -0.05) is 30.3 Å². The van der Waals surface area contributed by atoms with Crippen molar-refractivity contribution >= 4 is 27.3 Å². The molecule has 1 heterocycles. The normalized spacial score (nSPS) is 12.6. The number of benzene rings is 1. The van der Waals surface area contributed by atoms with Crippen molar-refractivity contribution in [2.45, 2.75) is 12.6 Å². The van der Waals surface area contributed by atoms with Crippen molar-refractivity contribution in [3.05, 3.63) is 56.7 Å². The average Bonchev–Trinajstić information content (AvgIpc) is 2.77. The fraction of sp³-hybridized carbons (Fsp3) is 0.231. The van der Waals surface area contributed by atoms with Crippen LogP contribution in [0.15, 0.2) is 46.3 Å². The smallest absolute Gasteiger partial charge is 0.0626 e. The van der Waals surface area contributed by atoms with E-state index in [-0.39, 0.29) is 12.6 Å². The highest BCUT2D eigenvalue weighted by atomic mass is 79.9. The number of aliphatic hydroxyl groups excluding tert-OH is 1. The first-order chi connectivity index (χ1) is 8.29. The summed E-state index contributed by atoms with van der Waals surface area (Å²) in [6, 6.07) is 12.1. The van der Waals surface area contributed by atoms with Crippen molar-refractivity contribution in [3.63, 3.8) is 0 Å². The van der Waals surface area contributed by atoms with Crippen molar-refractivity contribution in [2.24, 2.45) is 0 Å². The molecule has 0 spiro atoms. The molecule has 0 fully saturated rings. The van der Waals surface area contributed by atoms with Crippen molar-refractivity contribution < 1.29 is 5.11 Å². The lowest BCUT2D eigenvalue weighted by molar-refractivity contribution is 0.244. The SMILES string of the molecule is OCC(NCc1cc(Br)cs1)c1ccccc1. The Morgan fingerprint density at radius 1 is 1.29 bits per heavy atom. The summed E-state index contributed by atoms with van der Waals surface area (Å²) in [5.41, 5.74) is 1.12. The third-order valence-electron chi connectivity index (χ3n) is 2.53. The molecule has 17 heavy (non-hydrogen) atoms. The van der Waals surface area contributed by atoms with Crippen LogP contribution in [0.5, 0.6) is 0 Å². The molecule has 2 N–H and O–H groups in total. The Hall–Kier alpha value is -0.680. The lowest BCUT2D eigenvalue weighted by Crippen LogP contribution is -2.23. The third kappa shape index (κ3) is 3.64. The average molecular weight is 312 g/mol. The molecule has 0 saturated carbocycles. The molecule has 0 radical (unpaired) electrons. The van der Waals surface area contributed by atoms with Crippen LogP contribution in [0.25, 0.3) is 0 Å². The molecule has 0 aliphatic heterocycles. The van der Waals surface area contributed by atoms with Gasteiger partial charge in [-0.2, -0.15) is 0 Å². The van der Waals surface area contributed by atoms with Gasteiger partial charge in [0.1, 0.15) is 0 Å². The van der Waals surface area contributed by atoms with E-state index < -0.39 is 0 Å². The van der Waals surface area contributed by atoms with Crippen LogP contribution in [-0.4, -0.2) is 11.7 Å². The van der Waals surface area contributed by atoms with Crippen LogP contribution in [0.2, 0.25) is 0 Å². The maximum absolute atomic E-state index is 9.39. The molecule has 1 aromatic heterocycles. The number of halogens is 1. The van der Waals surface area contributed by atoms with E-state index in [0.29, 0.717) is 0 Å². The van der Waals surface area contributed by atoms with Crippen molar-refractivity contribution in [3.8, 4) is 0 Å². The zero-order chi connectivity index (χ0) is 12.1. The van der Waals surface area contributed by atoms with Gasteiger partial charge < -0.3 is 10.4 Å². The van der Waals surface area contributed by atoms with Crippen molar-refractivity contribution in [1.29, 1.82) is 0 Å². The largest absolute Gasteiger partial charge is 0.394 e. The second-order valence-corrected chi connectivity index (χ2v) is 5.67. The van der Waals surface area contributed by atoms with Crippen LogP contribution >= 0.6 is 27.3 Å². The number of nitrogens with one attached hydrogen (secondary N) is 1. The Morgan fingerprint density at radius 3 is 2.65 bits per heavy atom. The molecule has 1 aromatic carbocycles. The fourth-order valence-corrected chi connectivity index (χ4v) is 3.05. The van der Waals surface area contributed by atoms with Crippen LogP contribution < -0.4 is 5.32 Å². The van der Waals surface area contributed by atoms with E-state index in [0.717, 1.165) is 16.6 Å². The molecule has 0 bridgehead atoms. The molecule has 2 aromatic rings. The molecule has 4 heteroatoms. The highest BCUT2D eigenvalue weighted by molar-refractivity contribution is 9.10. The predicted molar refractivity (Wildman–Crippen MR) is 75.1 cm³/mol. The summed E-state index contributed by atoms with van der Waals surface area (Å²) in [4.78, 5) is 1.26. The Kier molecular flexibility index (Phi) is 4.74. The molecule has 1 unspecified atom stereocenters. The number of thiophene rings is 1. The van der Waals surface area contributed by atoms with E-state index in [4.69, 9.17) is 0 Å². The van der Waals surface area contributed by atoms with Gasteiger partial charge >= 0.3 is 0 Å². The van der Waals surface area contributed by atoms with Gasteiger partial charge in [0.25, 0.3) is 0 Å². The number of hydrogen-bond donors (Lipinski definition) is 2. The van der Waals surface area contributed by atoms with Gasteiger partial charge in [-0.25, -0.2) is 0 Å². The summed E-state index contributed by atoms with van der Waals surface area (Å²) in [5, 5.41) is 14.8. The molecule has 2 rings (SSSR count). The lowest BCUT2D eigenvalue weighted by Gasteiger charge is -2.15. The molecule has 0 aliphatic rings. The maximum atomic E-state index is 9.39. The van der Waals surface area contributed by atoms with Crippen LogP contribution in [-0.2, 0) is 6.54 Å². The Balaban J connectivity index is 1.97. The minimum atomic E-state index is -0.00271. The lowest BCUT2D eigenvalue weighted by atomic mass is 10.1. The van der Waals surface area contributed by atoms with Crippen LogP contribution in [0.1, 0.15) is 16.5 Å². The molecule has 0 amide bonds. The first-order valence-corrected chi connectivity index (χ1v) is 7.09. The van der Waals surface area contributed by atoms with E-state index >= 15 is 0 Å². The standard InChI is InChI=1S/C13H14BrNOS/c14-11-6-12(17-9-11)7-15-13(8-16)10-4-2-1-3-5-10/h1-6,9,13,15-16H,7-8H2. The minimum absolute atomic E-state index is 0.00271. The molecular formula is C13H14BrNOS. The predicted octanol–water partition coefficient (Wildman–Crippen LogP) is 3.33. The summed E-state index contributed by atoms with van der Waals surface area (Å²) in [6.07, 6.45) is 0. The van der Waals surface area contributed by atoms with Gasteiger partial charge in [0.15, 0.2) is 0 Å². The summed E-state index contributed by atoms with van der Waals surface area (Å²) in [6.45, 7) is 0.882. The van der Waals surface area contributed by atoms with E-state index in [1.807, 2.05) is 30.3 Å². The van der Waals surface area contributed by atoms with E-state index in [1.165, 1.54) is 4.88 Å². The minimum Gasteiger partial charge on any atom is -0.394 e.